The highest BCUT2D eigenvalue weighted by Crippen LogP contribution is 2.27. The van der Waals surface area contributed by atoms with E-state index in [1.165, 1.54) is 23.5 Å². The van der Waals surface area contributed by atoms with Crippen LogP contribution in [0.2, 0.25) is 0 Å². The van der Waals surface area contributed by atoms with Crippen molar-refractivity contribution in [3.63, 3.8) is 0 Å². The Kier molecular flexibility index (Phi) is 4.77. The minimum absolute atomic E-state index is 0.0224. The van der Waals surface area contributed by atoms with Crippen LogP contribution in [0.25, 0.3) is 16.2 Å². The minimum atomic E-state index is -0.413. The van der Waals surface area contributed by atoms with Gasteiger partial charge in [-0.25, -0.2) is 10.4 Å². The number of hydrogen-bond acceptors (Lipinski definition) is 6. The molecule has 2 aromatic carbocycles. The maximum Gasteiger partial charge on any atom is 0.271 e. The zero-order valence-corrected chi connectivity index (χ0v) is 15.7. The summed E-state index contributed by atoms with van der Waals surface area (Å²) in [6.07, 6.45) is 3.46. The predicted octanol–water partition coefficient (Wildman–Crippen LogP) is 3.54. The summed E-state index contributed by atoms with van der Waals surface area (Å²) in [4.78, 5) is 17.7. The topological polar surface area (TPSA) is 88.2 Å². The van der Waals surface area contributed by atoms with Gasteiger partial charge in [0.1, 0.15) is 11.5 Å². The number of nitrogens with zero attached hydrogens (tertiary/aromatic N) is 3. The van der Waals surface area contributed by atoms with Crippen molar-refractivity contribution in [1.29, 1.82) is 0 Å². The zero-order chi connectivity index (χ0) is 19.5. The number of phenolic OH excluding ortho intramolecular Hbond substituents is 1. The molecule has 2 N–H and O–H groups in total. The number of carbonyl (C=O) groups excluding carboxylic acids is 1. The van der Waals surface area contributed by atoms with Crippen molar-refractivity contribution in [3.8, 4) is 22.8 Å². The number of thiazole rings is 1. The fourth-order valence-corrected chi connectivity index (χ4v) is 3.47. The summed E-state index contributed by atoms with van der Waals surface area (Å²) in [5, 5.41) is 15.5. The third-order valence-electron chi connectivity index (χ3n) is 4.12. The van der Waals surface area contributed by atoms with Crippen LogP contribution in [0.15, 0.2) is 65.2 Å². The Bertz CT molecular complexity index is 1160. The quantitative estimate of drug-likeness (QED) is 0.402. The molecule has 1 amide bonds. The van der Waals surface area contributed by atoms with Crippen LogP contribution in [0.5, 0.6) is 11.5 Å². The molecule has 4 aromatic rings. The maximum atomic E-state index is 12.2. The lowest BCUT2D eigenvalue weighted by molar-refractivity contribution is 0.0954. The number of aromatic nitrogens is 2. The lowest BCUT2D eigenvalue weighted by Gasteiger charge is -2.03. The van der Waals surface area contributed by atoms with Gasteiger partial charge in [-0.15, -0.1) is 11.3 Å². The summed E-state index contributed by atoms with van der Waals surface area (Å²) in [6, 6.07) is 13.7. The van der Waals surface area contributed by atoms with Crippen LogP contribution in [0, 0.1) is 0 Å². The van der Waals surface area contributed by atoms with Gasteiger partial charge < -0.3 is 9.84 Å². The molecule has 0 fully saturated rings. The number of ether oxygens (including phenoxy) is 1. The lowest BCUT2D eigenvalue weighted by Crippen LogP contribution is -2.17. The summed E-state index contributed by atoms with van der Waals surface area (Å²) >= 11 is 1.51. The van der Waals surface area contributed by atoms with Crippen LogP contribution >= 0.6 is 11.3 Å². The van der Waals surface area contributed by atoms with Gasteiger partial charge in [0.15, 0.2) is 4.96 Å². The van der Waals surface area contributed by atoms with E-state index >= 15 is 0 Å². The van der Waals surface area contributed by atoms with E-state index in [0.29, 0.717) is 5.56 Å². The number of aromatic hydroxyl groups is 1. The summed E-state index contributed by atoms with van der Waals surface area (Å²) in [5.41, 5.74) is 5.22. The molecule has 0 bridgehead atoms. The molecule has 2 aromatic heterocycles. The first-order chi connectivity index (χ1) is 13.7. The number of fused-ring (bicyclic) bond motifs is 1. The predicted molar refractivity (Wildman–Crippen MR) is 108 cm³/mol. The molecule has 0 aliphatic heterocycles. The van der Waals surface area contributed by atoms with Crippen molar-refractivity contribution in [3.05, 3.63) is 71.4 Å². The number of rotatable bonds is 5. The Morgan fingerprint density at radius 1 is 1.29 bits per heavy atom. The van der Waals surface area contributed by atoms with E-state index in [-0.39, 0.29) is 5.75 Å². The SMILES string of the molecule is COc1ccc(-c2nc3sccn3c2/C=N/NC(=O)c2cccc(O)c2)cc1. The number of benzene rings is 2. The molecule has 0 aliphatic carbocycles. The molecular weight excluding hydrogens is 376 g/mol. The smallest absolute Gasteiger partial charge is 0.271 e. The second-order valence-corrected chi connectivity index (χ2v) is 6.75. The van der Waals surface area contributed by atoms with Crippen LogP contribution in [-0.2, 0) is 0 Å². The summed E-state index contributed by atoms with van der Waals surface area (Å²) in [6.45, 7) is 0. The lowest BCUT2D eigenvalue weighted by atomic mass is 10.1. The van der Waals surface area contributed by atoms with Crippen LogP contribution in [0.1, 0.15) is 16.1 Å². The fraction of sp³-hybridized carbons (Fsp3) is 0.0500. The van der Waals surface area contributed by atoms with E-state index < -0.39 is 5.91 Å². The first-order valence-electron chi connectivity index (χ1n) is 8.38. The number of nitrogens with one attached hydrogen (secondary N) is 1. The average molecular weight is 392 g/mol. The van der Waals surface area contributed by atoms with Crippen molar-refractivity contribution >= 4 is 28.4 Å². The van der Waals surface area contributed by atoms with Gasteiger partial charge in [0.2, 0.25) is 0 Å². The van der Waals surface area contributed by atoms with Crippen molar-refractivity contribution in [1.82, 2.24) is 14.8 Å². The molecule has 8 heteroatoms. The van der Waals surface area contributed by atoms with Crippen LogP contribution in [0.3, 0.4) is 0 Å². The van der Waals surface area contributed by atoms with Crippen molar-refractivity contribution in [2.45, 2.75) is 0 Å². The van der Waals surface area contributed by atoms with Crippen LogP contribution in [0.4, 0.5) is 0 Å². The molecule has 0 saturated heterocycles. The fourth-order valence-electron chi connectivity index (χ4n) is 2.75. The third kappa shape index (κ3) is 3.45. The maximum absolute atomic E-state index is 12.2. The Morgan fingerprint density at radius 2 is 2.11 bits per heavy atom. The molecule has 2 heterocycles. The normalized spacial score (nSPS) is 11.2. The number of hydrazone groups is 1. The summed E-state index contributed by atoms with van der Waals surface area (Å²) in [5.74, 6) is 0.372. The van der Waals surface area contributed by atoms with E-state index in [1.54, 1.807) is 25.5 Å². The van der Waals surface area contributed by atoms with Crippen LogP contribution < -0.4 is 10.2 Å². The average Bonchev–Trinajstić information content (AvgIpc) is 3.30. The molecule has 28 heavy (non-hydrogen) atoms. The summed E-state index contributed by atoms with van der Waals surface area (Å²) in [7, 11) is 1.62. The van der Waals surface area contributed by atoms with Gasteiger partial charge >= 0.3 is 0 Å². The van der Waals surface area contributed by atoms with Crippen molar-refractivity contribution in [2.75, 3.05) is 7.11 Å². The van der Waals surface area contributed by atoms with Gasteiger partial charge in [0.25, 0.3) is 5.91 Å². The van der Waals surface area contributed by atoms with Gasteiger partial charge in [-0.2, -0.15) is 5.10 Å². The second-order valence-electron chi connectivity index (χ2n) is 5.88. The Balaban J connectivity index is 1.63. The Hall–Kier alpha value is -3.65. The van der Waals surface area contributed by atoms with Gasteiger partial charge in [-0.1, -0.05) is 6.07 Å². The highest BCUT2D eigenvalue weighted by atomic mass is 32.1. The second kappa shape index (κ2) is 7.53. The summed E-state index contributed by atoms with van der Waals surface area (Å²) < 4.78 is 7.12. The largest absolute Gasteiger partial charge is 0.508 e. The Morgan fingerprint density at radius 3 is 2.86 bits per heavy atom. The number of imidazole rings is 1. The van der Waals surface area contributed by atoms with E-state index in [2.05, 4.69) is 15.5 Å². The van der Waals surface area contributed by atoms with Gasteiger partial charge in [0.05, 0.1) is 24.7 Å². The molecule has 0 unspecified atom stereocenters. The molecule has 0 atom stereocenters. The number of amides is 1. The van der Waals surface area contributed by atoms with Gasteiger partial charge in [-0.3, -0.25) is 9.20 Å². The molecule has 4 rings (SSSR count). The highest BCUT2D eigenvalue weighted by molar-refractivity contribution is 7.15. The van der Waals surface area contributed by atoms with Gasteiger partial charge in [-0.05, 0) is 42.5 Å². The third-order valence-corrected chi connectivity index (χ3v) is 4.88. The molecule has 140 valence electrons. The van der Waals surface area contributed by atoms with Crippen molar-refractivity contribution in [2.24, 2.45) is 5.10 Å². The van der Waals surface area contributed by atoms with E-state index in [1.807, 2.05) is 40.2 Å². The number of hydrogen-bond donors (Lipinski definition) is 2. The minimum Gasteiger partial charge on any atom is -0.508 e. The van der Waals surface area contributed by atoms with E-state index in [4.69, 9.17) is 4.74 Å². The molecule has 0 saturated carbocycles. The molecular formula is C20H16N4O3S. The first kappa shape index (κ1) is 17.7. The standard InChI is InChI=1S/C20H16N4O3S/c1-27-16-7-5-13(6-8-16)18-17(24-9-10-28-20(24)22-18)12-21-23-19(26)14-3-2-4-15(25)11-14/h2-12,25H,1H3,(H,23,26)/b21-12+. The molecule has 0 spiro atoms. The van der Waals surface area contributed by atoms with E-state index in [0.717, 1.165) is 27.7 Å². The number of carbonyl (C=O) groups is 1. The van der Waals surface area contributed by atoms with Crippen LogP contribution in [-0.4, -0.2) is 33.7 Å². The monoisotopic (exact) mass is 392 g/mol. The van der Waals surface area contributed by atoms with Gasteiger partial charge in [0, 0.05) is 22.7 Å². The molecule has 0 aliphatic rings. The molecule has 0 radical (unpaired) electrons. The number of phenols is 1. The highest BCUT2D eigenvalue weighted by Gasteiger charge is 2.14. The Labute approximate surface area is 164 Å². The van der Waals surface area contributed by atoms with Crippen molar-refractivity contribution < 1.29 is 14.6 Å². The van der Waals surface area contributed by atoms with E-state index in [9.17, 15) is 9.90 Å². The number of methoxy groups -OCH3 is 1. The zero-order valence-electron chi connectivity index (χ0n) is 14.9. The molecule has 7 nitrogen and oxygen atoms in total. The first-order valence-corrected chi connectivity index (χ1v) is 9.26.